The van der Waals surface area contributed by atoms with Gasteiger partial charge in [0.2, 0.25) is 0 Å². The van der Waals surface area contributed by atoms with Crippen molar-refractivity contribution in [3.63, 3.8) is 0 Å². The van der Waals surface area contributed by atoms with E-state index in [1.54, 1.807) is 18.3 Å². The quantitative estimate of drug-likeness (QED) is 0.545. The van der Waals surface area contributed by atoms with Crippen molar-refractivity contribution in [1.29, 1.82) is 0 Å². The smallest absolute Gasteiger partial charge is 0.335 e. The van der Waals surface area contributed by atoms with Crippen LogP contribution < -0.4 is 10.1 Å². The number of ether oxygens (including phenoxy) is 1. The molecule has 0 saturated carbocycles. The largest absolute Gasteiger partial charge is 0.487 e. The van der Waals surface area contributed by atoms with E-state index in [1.807, 2.05) is 24.3 Å². The van der Waals surface area contributed by atoms with E-state index < -0.39 is 5.97 Å². The highest BCUT2D eigenvalue weighted by atomic mass is 16.5. The third-order valence-electron chi connectivity index (χ3n) is 5.37. The van der Waals surface area contributed by atoms with Crippen LogP contribution in [0.3, 0.4) is 0 Å². The summed E-state index contributed by atoms with van der Waals surface area (Å²) in [5, 5.41) is 13.9. The Balaban J connectivity index is 1.64. The molecular weight excluding hydrogens is 380 g/mol. The van der Waals surface area contributed by atoms with Crippen LogP contribution in [0, 0.1) is 0 Å². The van der Waals surface area contributed by atoms with Gasteiger partial charge in [-0.05, 0) is 35.9 Å². The van der Waals surface area contributed by atoms with Crippen molar-refractivity contribution in [3.05, 3.63) is 77.9 Å². The number of rotatable bonds is 4. The maximum absolute atomic E-state index is 11.5. The second-order valence-electron chi connectivity index (χ2n) is 7.22. The highest BCUT2D eigenvalue weighted by Gasteiger charge is 2.21. The zero-order chi connectivity index (χ0) is 20.5. The van der Waals surface area contributed by atoms with E-state index >= 15 is 0 Å². The maximum atomic E-state index is 11.5. The first-order chi connectivity index (χ1) is 14.7. The summed E-state index contributed by atoms with van der Waals surface area (Å²) in [6.07, 6.45) is 3.21. The summed E-state index contributed by atoms with van der Waals surface area (Å²) in [5.74, 6) is -0.150. The van der Waals surface area contributed by atoms with E-state index in [1.165, 1.54) is 6.33 Å². The average Bonchev–Trinajstić information content (AvgIpc) is 3.10. The minimum Gasteiger partial charge on any atom is -0.487 e. The molecule has 30 heavy (non-hydrogen) atoms. The second kappa shape index (κ2) is 7.61. The minimum atomic E-state index is -0.925. The summed E-state index contributed by atoms with van der Waals surface area (Å²) >= 11 is 0. The number of benzene rings is 2. The molecule has 2 aromatic heterocycles. The van der Waals surface area contributed by atoms with E-state index in [9.17, 15) is 9.90 Å². The number of hydrogen-bond donors (Lipinski definition) is 2. The molecule has 1 aliphatic rings. The van der Waals surface area contributed by atoms with Gasteiger partial charge < -0.3 is 19.7 Å². The van der Waals surface area contributed by atoms with E-state index in [0.717, 1.165) is 58.8 Å². The first-order valence-electron chi connectivity index (χ1n) is 9.78. The Hall–Kier alpha value is -3.71. The molecule has 7 nitrogen and oxygen atoms in total. The van der Waals surface area contributed by atoms with Gasteiger partial charge in [0, 0.05) is 42.3 Å². The van der Waals surface area contributed by atoms with Crippen LogP contribution >= 0.6 is 0 Å². The lowest BCUT2D eigenvalue weighted by Crippen LogP contribution is -2.23. The first-order valence-corrected chi connectivity index (χ1v) is 9.78. The molecule has 0 atom stereocenters. The number of aromatic carboxylic acids is 1. The molecule has 0 saturated heterocycles. The summed E-state index contributed by atoms with van der Waals surface area (Å²) in [5.41, 5.74) is 5.18. The summed E-state index contributed by atoms with van der Waals surface area (Å²) < 4.78 is 8.35. The summed E-state index contributed by atoms with van der Waals surface area (Å²) in [6, 6.07) is 15.3. The standard InChI is InChI=1S/C23H20N4O3/c28-23(29)16-5-4-15-10-20-22-17(12-24-8-9-27(20)19(15)11-16)2-1-3-21(22)30-13-18-6-7-25-14-26-18/h1-7,10-11,14,24H,8-9,12-13H2,(H,28,29). The van der Waals surface area contributed by atoms with Gasteiger partial charge >= 0.3 is 5.97 Å². The SMILES string of the molecule is O=C(O)c1ccc2cc3n(c2c1)CCNCc1cccc(OCc2ccncn2)c1-3. The van der Waals surface area contributed by atoms with Gasteiger partial charge in [0.1, 0.15) is 18.7 Å². The van der Waals surface area contributed by atoms with Crippen LogP contribution in [0.2, 0.25) is 0 Å². The third kappa shape index (κ3) is 3.29. The Bertz CT molecular complexity index is 1230. The fourth-order valence-electron chi connectivity index (χ4n) is 3.94. The molecule has 0 fully saturated rings. The van der Waals surface area contributed by atoms with Crippen molar-refractivity contribution in [2.45, 2.75) is 19.7 Å². The highest BCUT2D eigenvalue weighted by molar-refractivity contribution is 5.96. The fraction of sp³-hybridized carbons (Fsp3) is 0.174. The van der Waals surface area contributed by atoms with Crippen molar-refractivity contribution >= 4 is 16.9 Å². The number of nitrogens with one attached hydrogen (secondary N) is 1. The molecule has 4 aromatic rings. The third-order valence-corrected chi connectivity index (χ3v) is 5.37. The van der Waals surface area contributed by atoms with Gasteiger partial charge in [-0.1, -0.05) is 18.2 Å². The molecule has 2 N–H and O–H groups in total. The molecule has 5 rings (SSSR count). The summed E-state index contributed by atoms with van der Waals surface area (Å²) in [7, 11) is 0. The van der Waals surface area contributed by atoms with E-state index in [0.29, 0.717) is 6.61 Å². The van der Waals surface area contributed by atoms with Crippen LogP contribution in [0.25, 0.3) is 22.2 Å². The predicted octanol–water partition coefficient (Wildman–Crippen LogP) is 3.48. The van der Waals surface area contributed by atoms with Crippen LogP contribution in [0.15, 0.2) is 61.1 Å². The lowest BCUT2D eigenvalue weighted by molar-refractivity contribution is 0.0697. The molecular formula is C23H20N4O3. The van der Waals surface area contributed by atoms with Gasteiger partial charge in [-0.3, -0.25) is 0 Å². The van der Waals surface area contributed by atoms with Crippen LogP contribution in [0.5, 0.6) is 5.75 Å². The molecule has 2 aromatic carbocycles. The molecule has 7 heteroatoms. The Morgan fingerprint density at radius 3 is 2.97 bits per heavy atom. The van der Waals surface area contributed by atoms with Crippen LogP contribution in [0.4, 0.5) is 0 Å². The Morgan fingerprint density at radius 2 is 2.13 bits per heavy atom. The molecule has 0 aliphatic carbocycles. The first kappa shape index (κ1) is 18.3. The number of hydrogen-bond acceptors (Lipinski definition) is 5. The Kier molecular flexibility index (Phi) is 4.65. The van der Waals surface area contributed by atoms with Crippen LogP contribution in [-0.2, 0) is 19.7 Å². The number of aromatic nitrogens is 3. The molecule has 3 heterocycles. The van der Waals surface area contributed by atoms with Crippen molar-refractivity contribution in [2.75, 3.05) is 6.54 Å². The van der Waals surface area contributed by atoms with E-state index in [2.05, 4.69) is 32.0 Å². The van der Waals surface area contributed by atoms with Crippen molar-refractivity contribution in [2.24, 2.45) is 0 Å². The van der Waals surface area contributed by atoms with Crippen LogP contribution in [0.1, 0.15) is 21.6 Å². The lowest BCUT2D eigenvalue weighted by atomic mass is 10.0. The monoisotopic (exact) mass is 400 g/mol. The van der Waals surface area contributed by atoms with E-state index in [-0.39, 0.29) is 5.56 Å². The zero-order valence-corrected chi connectivity index (χ0v) is 16.2. The summed E-state index contributed by atoms with van der Waals surface area (Å²) in [4.78, 5) is 19.7. The molecule has 0 amide bonds. The second-order valence-corrected chi connectivity index (χ2v) is 7.22. The van der Waals surface area contributed by atoms with Gasteiger partial charge in [0.25, 0.3) is 0 Å². The number of nitrogens with zero attached hydrogens (tertiary/aromatic N) is 3. The molecule has 0 bridgehead atoms. The Labute approximate surface area is 173 Å². The topological polar surface area (TPSA) is 89.3 Å². The number of carbonyl (C=O) groups is 1. The lowest BCUT2D eigenvalue weighted by Gasteiger charge is -2.21. The van der Waals surface area contributed by atoms with Gasteiger partial charge in [-0.25, -0.2) is 14.8 Å². The maximum Gasteiger partial charge on any atom is 0.335 e. The van der Waals surface area contributed by atoms with Gasteiger partial charge in [-0.15, -0.1) is 0 Å². The normalized spacial score (nSPS) is 13.2. The van der Waals surface area contributed by atoms with Gasteiger partial charge in [0.15, 0.2) is 0 Å². The number of carboxylic acids is 1. The van der Waals surface area contributed by atoms with Crippen LogP contribution in [-0.4, -0.2) is 32.2 Å². The predicted molar refractivity (Wildman–Crippen MR) is 112 cm³/mol. The summed E-state index contributed by atoms with van der Waals surface area (Å²) in [6.45, 7) is 2.61. The molecule has 0 unspecified atom stereocenters. The Morgan fingerprint density at radius 1 is 1.20 bits per heavy atom. The molecule has 1 aliphatic heterocycles. The fourth-order valence-corrected chi connectivity index (χ4v) is 3.94. The van der Waals surface area contributed by atoms with Crippen molar-refractivity contribution in [1.82, 2.24) is 19.9 Å². The number of carboxylic acid groups (broad SMARTS) is 1. The molecule has 0 spiro atoms. The zero-order valence-electron chi connectivity index (χ0n) is 16.2. The van der Waals surface area contributed by atoms with Crippen molar-refractivity contribution in [3.8, 4) is 17.0 Å². The van der Waals surface area contributed by atoms with Gasteiger partial charge in [-0.2, -0.15) is 0 Å². The van der Waals surface area contributed by atoms with Crippen molar-refractivity contribution < 1.29 is 14.6 Å². The molecule has 150 valence electrons. The molecule has 0 radical (unpaired) electrons. The minimum absolute atomic E-state index is 0.284. The van der Waals surface area contributed by atoms with Gasteiger partial charge in [0.05, 0.1) is 17.0 Å². The van der Waals surface area contributed by atoms with E-state index in [4.69, 9.17) is 4.74 Å². The number of fused-ring (bicyclic) bond motifs is 5. The highest BCUT2D eigenvalue weighted by Crippen LogP contribution is 2.38. The average molecular weight is 400 g/mol.